The van der Waals surface area contributed by atoms with E-state index in [4.69, 9.17) is 14.2 Å². The fraction of sp³-hybridized carbons (Fsp3) is 0.662. The molecule has 454 valence electrons. The van der Waals surface area contributed by atoms with Gasteiger partial charge in [-0.2, -0.15) is 0 Å². The summed E-state index contributed by atoms with van der Waals surface area (Å²) in [6.07, 6.45) is 94.8. The first-order valence-corrected chi connectivity index (χ1v) is 33.2. The number of hydrogen-bond acceptors (Lipinski definition) is 6. The van der Waals surface area contributed by atoms with Crippen LogP contribution in [0.3, 0.4) is 0 Å². The largest absolute Gasteiger partial charge is 0.462 e. The SMILES string of the molecule is CC/C=C\C/C=C\C/C=C\C/C=C\C/C=C\C/C=C\C/C=C\CCCCCCCCCCCCCC(=O)OCC(COC(=O)CCCCCCCCCC)OC(=O)CCCCCCCCCC/C=C\C/C=C\C/C=C\C/C=C\CC. The van der Waals surface area contributed by atoms with Crippen LogP contribution in [0.5, 0.6) is 0 Å². The van der Waals surface area contributed by atoms with Gasteiger partial charge in [-0.25, -0.2) is 0 Å². The average molecular weight is 1110 g/mol. The van der Waals surface area contributed by atoms with Crippen LogP contribution in [-0.4, -0.2) is 37.2 Å². The lowest BCUT2D eigenvalue weighted by atomic mass is 10.0. The van der Waals surface area contributed by atoms with E-state index in [1.165, 1.54) is 122 Å². The van der Waals surface area contributed by atoms with Crippen LogP contribution in [0.2, 0.25) is 0 Å². The van der Waals surface area contributed by atoms with Gasteiger partial charge >= 0.3 is 17.9 Å². The Balaban J connectivity index is 4.16. The maximum absolute atomic E-state index is 12.9. The van der Waals surface area contributed by atoms with Gasteiger partial charge in [-0.05, 0) is 116 Å². The fourth-order valence-electron chi connectivity index (χ4n) is 9.00. The summed E-state index contributed by atoms with van der Waals surface area (Å²) in [4.78, 5) is 38.2. The smallest absolute Gasteiger partial charge is 0.306 e. The molecule has 0 aromatic rings. The third-order valence-electron chi connectivity index (χ3n) is 13.9. The number of carbonyl (C=O) groups is 3. The van der Waals surface area contributed by atoms with Gasteiger partial charge in [-0.1, -0.05) is 296 Å². The second kappa shape index (κ2) is 67.1. The van der Waals surface area contributed by atoms with Crippen LogP contribution in [0.1, 0.15) is 297 Å². The van der Waals surface area contributed by atoms with Crippen molar-refractivity contribution in [2.45, 2.75) is 303 Å². The molecule has 1 atom stereocenters. The highest BCUT2D eigenvalue weighted by Crippen LogP contribution is 2.16. The summed E-state index contributed by atoms with van der Waals surface area (Å²) >= 11 is 0. The van der Waals surface area contributed by atoms with Crippen molar-refractivity contribution in [3.05, 3.63) is 134 Å². The highest BCUT2D eigenvalue weighted by molar-refractivity contribution is 5.71. The summed E-state index contributed by atoms with van der Waals surface area (Å²) in [6, 6.07) is 0. The number of rotatable bonds is 59. The molecule has 1 unspecified atom stereocenters. The molecule has 0 fully saturated rings. The Hall–Kier alpha value is -4.45. The van der Waals surface area contributed by atoms with E-state index in [-0.39, 0.29) is 31.1 Å². The van der Waals surface area contributed by atoms with Crippen molar-refractivity contribution in [1.29, 1.82) is 0 Å². The zero-order valence-electron chi connectivity index (χ0n) is 52.0. The molecule has 0 spiro atoms. The molecule has 0 rings (SSSR count). The number of allylic oxidation sites excluding steroid dienone is 22. The summed E-state index contributed by atoms with van der Waals surface area (Å²) in [5, 5.41) is 0. The third kappa shape index (κ3) is 64.4. The van der Waals surface area contributed by atoms with E-state index in [0.717, 1.165) is 135 Å². The van der Waals surface area contributed by atoms with Crippen molar-refractivity contribution in [3.8, 4) is 0 Å². The summed E-state index contributed by atoms with van der Waals surface area (Å²) in [5.74, 6) is -0.894. The molecule has 0 aromatic heterocycles. The van der Waals surface area contributed by atoms with Gasteiger partial charge in [0.05, 0.1) is 0 Å². The Kier molecular flexibility index (Phi) is 63.3. The van der Waals surface area contributed by atoms with Crippen LogP contribution in [0, 0.1) is 0 Å². The van der Waals surface area contributed by atoms with Crippen LogP contribution >= 0.6 is 0 Å². The molecule has 0 amide bonds. The highest BCUT2D eigenvalue weighted by atomic mass is 16.6. The summed E-state index contributed by atoms with van der Waals surface area (Å²) in [5.41, 5.74) is 0. The molecule has 0 aromatic carbocycles. The first-order chi connectivity index (χ1) is 39.5. The molecule has 0 saturated carbocycles. The fourth-order valence-corrected chi connectivity index (χ4v) is 9.00. The van der Waals surface area contributed by atoms with Crippen molar-refractivity contribution < 1.29 is 28.6 Å². The zero-order chi connectivity index (χ0) is 57.8. The van der Waals surface area contributed by atoms with Crippen LogP contribution in [0.4, 0.5) is 0 Å². The number of carbonyl (C=O) groups excluding carboxylic acids is 3. The van der Waals surface area contributed by atoms with Gasteiger partial charge in [0.1, 0.15) is 13.2 Å². The van der Waals surface area contributed by atoms with Crippen molar-refractivity contribution in [2.75, 3.05) is 13.2 Å². The van der Waals surface area contributed by atoms with Crippen LogP contribution in [0.25, 0.3) is 0 Å². The Labute approximate surface area is 494 Å². The van der Waals surface area contributed by atoms with Gasteiger partial charge in [0.2, 0.25) is 0 Å². The second-order valence-corrected chi connectivity index (χ2v) is 21.6. The summed E-state index contributed by atoms with van der Waals surface area (Å²) in [6.45, 7) is 6.39. The van der Waals surface area contributed by atoms with E-state index in [1.807, 2.05) is 0 Å². The predicted molar refractivity (Wildman–Crippen MR) is 348 cm³/mol. The maximum Gasteiger partial charge on any atom is 0.306 e. The molecule has 0 saturated heterocycles. The van der Waals surface area contributed by atoms with Crippen molar-refractivity contribution in [3.63, 3.8) is 0 Å². The Morgan fingerprint density at radius 1 is 0.263 bits per heavy atom. The molecule has 0 bridgehead atoms. The predicted octanol–water partition coefficient (Wildman–Crippen LogP) is 22.9. The van der Waals surface area contributed by atoms with Crippen molar-refractivity contribution in [1.82, 2.24) is 0 Å². The zero-order valence-corrected chi connectivity index (χ0v) is 52.0. The topological polar surface area (TPSA) is 78.9 Å². The van der Waals surface area contributed by atoms with E-state index < -0.39 is 6.10 Å². The van der Waals surface area contributed by atoms with E-state index in [9.17, 15) is 14.4 Å². The van der Waals surface area contributed by atoms with Gasteiger partial charge in [0.15, 0.2) is 6.10 Å². The first-order valence-electron chi connectivity index (χ1n) is 33.2. The molecule has 0 aliphatic rings. The summed E-state index contributed by atoms with van der Waals surface area (Å²) < 4.78 is 16.9. The van der Waals surface area contributed by atoms with E-state index in [0.29, 0.717) is 19.3 Å². The average Bonchev–Trinajstić information content (AvgIpc) is 3.46. The highest BCUT2D eigenvalue weighted by Gasteiger charge is 2.19. The normalized spacial score (nSPS) is 13.0. The minimum absolute atomic E-state index is 0.0825. The van der Waals surface area contributed by atoms with Crippen LogP contribution in [0.15, 0.2) is 134 Å². The molecule has 0 aliphatic heterocycles. The molecule has 0 radical (unpaired) electrons. The lowest BCUT2D eigenvalue weighted by Gasteiger charge is -2.18. The molecule has 6 heteroatoms. The minimum atomic E-state index is -0.785. The first kappa shape index (κ1) is 75.5. The molecular formula is C74H122O6. The number of unbranched alkanes of at least 4 members (excludes halogenated alkanes) is 26. The molecule has 0 N–H and O–H groups in total. The monoisotopic (exact) mass is 1110 g/mol. The number of hydrogen-bond donors (Lipinski definition) is 0. The Morgan fingerprint density at radius 3 is 0.762 bits per heavy atom. The minimum Gasteiger partial charge on any atom is -0.462 e. The van der Waals surface area contributed by atoms with Gasteiger partial charge in [-0.3, -0.25) is 14.4 Å². The lowest BCUT2D eigenvalue weighted by Crippen LogP contribution is -2.30. The molecular weight excluding hydrogens is 985 g/mol. The van der Waals surface area contributed by atoms with E-state index >= 15 is 0 Å². The van der Waals surface area contributed by atoms with Gasteiger partial charge in [-0.15, -0.1) is 0 Å². The summed E-state index contributed by atoms with van der Waals surface area (Å²) in [7, 11) is 0. The van der Waals surface area contributed by atoms with Gasteiger partial charge < -0.3 is 14.2 Å². The number of esters is 3. The van der Waals surface area contributed by atoms with Gasteiger partial charge in [0.25, 0.3) is 0 Å². The molecule has 6 nitrogen and oxygen atoms in total. The van der Waals surface area contributed by atoms with E-state index in [2.05, 4.69) is 154 Å². The second-order valence-electron chi connectivity index (χ2n) is 21.6. The lowest BCUT2D eigenvalue weighted by molar-refractivity contribution is -0.167. The van der Waals surface area contributed by atoms with E-state index in [1.54, 1.807) is 0 Å². The molecule has 0 aliphatic carbocycles. The maximum atomic E-state index is 12.9. The Bertz CT molecular complexity index is 1700. The third-order valence-corrected chi connectivity index (χ3v) is 13.9. The van der Waals surface area contributed by atoms with Gasteiger partial charge in [0, 0.05) is 19.3 Å². The van der Waals surface area contributed by atoms with Crippen molar-refractivity contribution >= 4 is 17.9 Å². The Morgan fingerprint density at radius 2 is 0.487 bits per heavy atom. The molecule has 80 heavy (non-hydrogen) atoms. The van der Waals surface area contributed by atoms with Crippen LogP contribution < -0.4 is 0 Å². The quantitative estimate of drug-likeness (QED) is 0.0261. The number of ether oxygens (including phenoxy) is 3. The van der Waals surface area contributed by atoms with Crippen molar-refractivity contribution in [2.24, 2.45) is 0 Å². The standard InChI is InChI=1S/C74H122O6/c1-4-7-10-13-16-19-21-23-25-27-29-31-32-33-34-35-36-37-38-39-40-41-42-44-45-47-49-51-53-55-58-61-64-67-73(76)79-70-71(69-78-72(75)66-63-60-57-18-15-12-9-6-3)80-74(77)68-65-62-59-56-54-52-50-48-46-43-30-28-26-24-22-20-17-14-11-8-5-2/h7-8,10-11,16-17,19-20,23-26,29-31,33-34,36-37,39-40,43,71H,4-6,9,12-15,18,21-22,27-28,32,35,38,41-42,44-70H2,1-3H3/b10-7-,11-8-,19-16-,20-17-,25-23-,26-24-,31-29-,34-33-,37-36-,40-39-,43-30-. The molecule has 0 heterocycles. The van der Waals surface area contributed by atoms with Crippen LogP contribution in [-0.2, 0) is 28.6 Å².